The molecule has 128 valence electrons. The van der Waals surface area contributed by atoms with Crippen LogP contribution in [0.3, 0.4) is 0 Å². The molecule has 0 saturated carbocycles. The number of nitrogens with two attached hydrogens (primary N) is 1. The molecule has 6 heteroatoms. The molecule has 0 aliphatic carbocycles. The van der Waals surface area contributed by atoms with E-state index in [-0.39, 0.29) is 18.5 Å². The van der Waals surface area contributed by atoms with Crippen LogP contribution in [0.2, 0.25) is 0 Å². The zero-order valence-electron chi connectivity index (χ0n) is 13.4. The molecular formula is C18H22ClN3O2. The van der Waals surface area contributed by atoms with Gasteiger partial charge in [-0.3, -0.25) is 0 Å². The van der Waals surface area contributed by atoms with Gasteiger partial charge < -0.3 is 20.3 Å². The third-order valence-electron chi connectivity index (χ3n) is 4.00. The second-order valence-corrected chi connectivity index (χ2v) is 5.61. The number of halogens is 1. The van der Waals surface area contributed by atoms with Gasteiger partial charge in [-0.15, -0.1) is 12.4 Å². The second kappa shape index (κ2) is 8.45. The maximum absolute atomic E-state index is 12.1. The highest BCUT2D eigenvalue weighted by Gasteiger charge is 2.22. The summed E-state index contributed by atoms with van der Waals surface area (Å²) in [4.78, 5) is 16.1. The monoisotopic (exact) mass is 347 g/mol. The molecule has 1 aliphatic rings. The van der Waals surface area contributed by atoms with Gasteiger partial charge in [0, 0.05) is 37.6 Å². The molecule has 5 nitrogen and oxygen atoms in total. The summed E-state index contributed by atoms with van der Waals surface area (Å²) in [5.41, 5.74) is 8.61. The Hall–Kier alpha value is -2.40. The van der Waals surface area contributed by atoms with E-state index in [1.54, 1.807) is 4.90 Å². The molecular weight excluding hydrogens is 326 g/mol. The Morgan fingerprint density at radius 3 is 2.21 bits per heavy atom. The SMILES string of the molecule is Cl.Nc1ccc(N2CCN(C(=O)OCc3ccccc3)CC2)cc1. The van der Waals surface area contributed by atoms with Gasteiger partial charge in [-0.25, -0.2) is 4.79 Å². The van der Waals surface area contributed by atoms with E-state index in [9.17, 15) is 4.79 Å². The van der Waals surface area contributed by atoms with E-state index in [0.717, 1.165) is 30.0 Å². The fraction of sp³-hybridized carbons (Fsp3) is 0.278. The quantitative estimate of drug-likeness (QED) is 0.866. The van der Waals surface area contributed by atoms with Crippen LogP contribution in [0.5, 0.6) is 0 Å². The van der Waals surface area contributed by atoms with Gasteiger partial charge in [-0.2, -0.15) is 0 Å². The summed E-state index contributed by atoms with van der Waals surface area (Å²) in [5, 5.41) is 0. The normalized spacial score (nSPS) is 14.0. The minimum atomic E-state index is -0.245. The Labute approximate surface area is 148 Å². The first-order chi connectivity index (χ1) is 11.2. The molecule has 0 radical (unpaired) electrons. The van der Waals surface area contributed by atoms with Gasteiger partial charge in [-0.05, 0) is 29.8 Å². The van der Waals surface area contributed by atoms with Gasteiger partial charge in [0.05, 0.1) is 0 Å². The van der Waals surface area contributed by atoms with E-state index < -0.39 is 0 Å². The Balaban J connectivity index is 0.00000208. The summed E-state index contributed by atoms with van der Waals surface area (Å²) in [7, 11) is 0. The van der Waals surface area contributed by atoms with Crippen molar-refractivity contribution in [3.63, 3.8) is 0 Å². The molecule has 1 amide bonds. The predicted molar refractivity (Wildman–Crippen MR) is 98.5 cm³/mol. The zero-order valence-corrected chi connectivity index (χ0v) is 14.2. The van der Waals surface area contributed by atoms with Crippen molar-refractivity contribution in [2.24, 2.45) is 0 Å². The summed E-state index contributed by atoms with van der Waals surface area (Å²) in [5.74, 6) is 0. The molecule has 1 aliphatic heterocycles. The molecule has 3 rings (SSSR count). The molecule has 24 heavy (non-hydrogen) atoms. The van der Waals surface area contributed by atoms with Gasteiger partial charge in [-0.1, -0.05) is 30.3 Å². The number of nitrogens with zero attached hydrogens (tertiary/aromatic N) is 2. The number of nitrogen functional groups attached to an aromatic ring is 1. The van der Waals surface area contributed by atoms with Gasteiger partial charge in [0.2, 0.25) is 0 Å². The van der Waals surface area contributed by atoms with Crippen molar-refractivity contribution < 1.29 is 9.53 Å². The standard InChI is InChI=1S/C18H21N3O2.ClH/c19-16-6-8-17(9-7-16)20-10-12-21(13-11-20)18(22)23-14-15-4-2-1-3-5-15;/h1-9H,10-14,19H2;1H. The minimum Gasteiger partial charge on any atom is -0.445 e. The molecule has 0 atom stereocenters. The van der Waals surface area contributed by atoms with Crippen LogP contribution in [0, 0.1) is 0 Å². The summed E-state index contributed by atoms with van der Waals surface area (Å²) in [6.07, 6.45) is -0.245. The average molecular weight is 348 g/mol. The summed E-state index contributed by atoms with van der Waals surface area (Å²) in [6, 6.07) is 17.5. The largest absolute Gasteiger partial charge is 0.445 e. The lowest BCUT2D eigenvalue weighted by atomic mass is 10.2. The number of hydrogen-bond donors (Lipinski definition) is 1. The molecule has 2 aromatic carbocycles. The first kappa shape index (κ1) is 17.9. The number of anilines is 2. The van der Waals surface area contributed by atoms with Crippen molar-refractivity contribution in [1.29, 1.82) is 0 Å². The highest BCUT2D eigenvalue weighted by atomic mass is 35.5. The molecule has 1 fully saturated rings. The topological polar surface area (TPSA) is 58.8 Å². The molecule has 0 aromatic heterocycles. The van der Waals surface area contributed by atoms with Crippen LogP contribution >= 0.6 is 12.4 Å². The Morgan fingerprint density at radius 2 is 1.58 bits per heavy atom. The number of benzene rings is 2. The average Bonchev–Trinajstić information content (AvgIpc) is 2.61. The van der Waals surface area contributed by atoms with E-state index >= 15 is 0 Å². The number of carbonyl (C=O) groups is 1. The van der Waals surface area contributed by atoms with Crippen LogP contribution in [0.1, 0.15) is 5.56 Å². The van der Waals surface area contributed by atoms with Crippen molar-refractivity contribution >= 4 is 29.9 Å². The van der Waals surface area contributed by atoms with Gasteiger partial charge in [0.25, 0.3) is 0 Å². The second-order valence-electron chi connectivity index (χ2n) is 5.61. The number of amides is 1. The number of carbonyl (C=O) groups excluding carboxylic acids is 1. The number of piperazine rings is 1. The van der Waals surface area contributed by atoms with Crippen molar-refractivity contribution in [3.05, 3.63) is 60.2 Å². The zero-order chi connectivity index (χ0) is 16.1. The molecule has 0 unspecified atom stereocenters. The maximum atomic E-state index is 12.1. The molecule has 2 aromatic rings. The van der Waals surface area contributed by atoms with E-state index in [1.165, 1.54) is 0 Å². The number of hydrogen-bond acceptors (Lipinski definition) is 4. The molecule has 1 saturated heterocycles. The van der Waals surface area contributed by atoms with E-state index in [4.69, 9.17) is 10.5 Å². The lowest BCUT2D eigenvalue weighted by Crippen LogP contribution is -2.48. The van der Waals surface area contributed by atoms with Crippen LogP contribution in [-0.2, 0) is 11.3 Å². The Kier molecular flexibility index (Phi) is 6.32. The third kappa shape index (κ3) is 4.55. The molecule has 2 N–H and O–H groups in total. The Bertz CT molecular complexity index is 641. The van der Waals surface area contributed by atoms with E-state index in [1.807, 2.05) is 54.6 Å². The summed E-state index contributed by atoms with van der Waals surface area (Å²) >= 11 is 0. The van der Waals surface area contributed by atoms with Crippen LogP contribution in [-0.4, -0.2) is 37.2 Å². The lowest BCUT2D eigenvalue weighted by molar-refractivity contribution is 0.0942. The molecule has 1 heterocycles. The first-order valence-corrected chi connectivity index (χ1v) is 7.78. The van der Waals surface area contributed by atoms with Crippen molar-refractivity contribution in [2.45, 2.75) is 6.61 Å². The minimum absolute atomic E-state index is 0. The van der Waals surface area contributed by atoms with Crippen LogP contribution in [0.15, 0.2) is 54.6 Å². The fourth-order valence-electron chi connectivity index (χ4n) is 2.64. The predicted octanol–water partition coefficient (Wildman–Crippen LogP) is 3.15. The van der Waals surface area contributed by atoms with Gasteiger partial charge in [0.15, 0.2) is 0 Å². The van der Waals surface area contributed by atoms with Crippen LogP contribution in [0.25, 0.3) is 0 Å². The van der Waals surface area contributed by atoms with Crippen LogP contribution in [0.4, 0.5) is 16.2 Å². The fourth-order valence-corrected chi connectivity index (χ4v) is 2.64. The third-order valence-corrected chi connectivity index (χ3v) is 4.00. The number of rotatable bonds is 3. The van der Waals surface area contributed by atoms with Crippen molar-refractivity contribution in [1.82, 2.24) is 4.90 Å². The molecule has 0 bridgehead atoms. The van der Waals surface area contributed by atoms with Crippen molar-refractivity contribution in [3.8, 4) is 0 Å². The maximum Gasteiger partial charge on any atom is 0.410 e. The van der Waals surface area contributed by atoms with E-state index in [0.29, 0.717) is 19.7 Å². The highest BCUT2D eigenvalue weighted by Crippen LogP contribution is 2.18. The van der Waals surface area contributed by atoms with Crippen molar-refractivity contribution in [2.75, 3.05) is 36.8 Å². The highest BCUT2D eigenvalue weighted by molar-refractivity contribution is 5.85. The summed E-state index contributed by atoms with van der Waals surface area (Å²) in [6.45, 7) is 3.24. The van der Waals surface area contributed by atoms with Gasteiger partial charge in [0.1, 0.15) is 6.61 Å². The smallest absolute Gasteiger partial charge is 0.410 e. The summed E-state index contributed by atoms with van der Waals surface area (Å²) < 4.78 is 5.38. The molecule has 0 spiro atoms. The Morgan fingerprint density at radius 1 is 0.958 bits per heavy atom. The van der Waals surface area contributed by atoms with Gasteiger partial charge >= 0.3 is 6.09 Å². The first-order valence-electron chi connectivity index (χ1n) is 7.78. The van der Waals surface area contributed by atoms with Crippen LogP contribution < -0.4 is 10.6 Å². The lowest BCUT2D eigenvalue weighted by Gasteiger charge is -2.35. The number of ether oxygens (including phenoxy) is 1. The van der Waals surface area contributed by atoms with E-state index in [2.05, 4.69) is 4.90 Å².